The molecule has 1 heterocycles. The summed E-state index contributed by atoms with van der Waals surface area (Å²) in [7, 11) is 0. The van der Waals surface area contributed by atoms with E-state index in [2.05, 4.69) is 15.3 Å². The third-order valence-electron chi connectivity index (χ3n) is 1.62. The fraction of sp³-hybridized carbons (Fsp3) is 0.500. The minimum absolute atomic E-state index is 0.0156. The van der Waals surface area contributed by atoms with Crippen molar-refractivity contribution in [2.45, 2.75) is 19.4 Å². The van der Waals surface area contributed by atoms with Crippen molar-refractivity contribution in [2.24, 2.45) is 5.73 Å². The first kappa shape index (κ1) is 9.73. The van der Waals surface area contributed by atoms with Crippen molar-refractivity contribution in [3.63, 3.8) is 0 Å². The number of H-pyrrole nitrogens is 1. The highest BCUT2D eigenvalue weighted by Gasteiger charge is 2.00. The molecule has 0 atom stereocenters. The number of hydrogen-bond acceptors (Lipinski definition) is 3. The Morgan fingerprint density at radius 3 is 3.15 bits per heavy atom. The van der Waals surface area contributed by atoms with Crippen molar-refractivity contribution in [3.8, 4) is 0 Å². The second-order valence-electron chi connectivity index (χ2n) is 2.70. The number of nitrogens with two attached hydrogens (primary N) is 1. The van der Waals surface area contributed by atoms with E-state index in [9.17, 15) is 4.79 Å². The van der Waals surface area contributed by atoms with Gasteiger partial charge in [0, 0.05) is 18.8 Å². The Morgan fingerprint density at radius 1 is 1.69 bits per heavy atom. The molecule has 5 heteroatoms. The molecule has 5 nitrogen and oxygen atoms in total. The van der Waals surface area contributed by atoms with Gasteiger partial charge in [-0.15, -0.1) is 0 Å². The van der Waals surface area contributed by atoms with E-state index in [1.54, 1.807) is 12.4 Å². The Balaban J connectivity index is 2.15. The maximum absolute atomic E-state index is 11.1. The SMILES string of the molecule is NCCCC(=O)NCc1ncc[nH]1. The smallest absolute Gasteiger partial charge is 0.220 e. The number of aromatic nitrogens is 2. The number of hydrogen-bond donors (Lipinski definition) is 3. The largest absolute Gasteiger partial charge is 0.349 e. The highest BCUT2D eigenvalue weighted by molar-refractivity contribution is 5.75. The van der Waals surface area contributed by atoms with Gasteiger partial charge in [-0.25, -0.2) is 4.98 Å². The number of rotatable bonds is 5. The predicted molar refractivity (Wildman–Crippen MR) is 48.7 cm³/mol. The van der Waals surface area contributed by atoms with Crippen molar-refractivity contribution in [1.82, 2.24) is 15.3 Å². The summed E-state index contributed by atoms with van der Waals surface area (Å²) in [6, 6.07) is 0. The fourth-order valence-electron chi connectivity index (χ4n) is 0.928. The molecule has 0 aliphatic rings. The summed E-state index contributed by atoms with van der Waals surface area (Å²) in [5.41, 5.74) is 5.27. The van der Waals surface area contributed by atoms with E-state index < -0.39 is 0 Å². The quantitative estimate of drug-likeness (QED) is 0.588. The van der Waals surface area contributed by atoms with E-state index in [4.69, 9.17) is 5.73 Å². The highest BCUT2D eigenvalue weighted by Crippen LogP contribution is 1.89. The van der Waals surface area contributed by atoms with Gasteiger partial charge in [-0.05, 0) is 13.0 Å². The molecule has 0 aromatic carbocycles. The van der Waals surface area contributed by atoms with Gasteiger partial charge in [-0.2, -0.15) is 0 Å². The molecule has 0 unspecified atom stereocenters. The third-order valence-corrected chi connectivity index (χ3v) is 1.62. The zero-order valence-electron chi connectivity index (χ0n) is 7.42. The van der Waals surface area contributed by atoms with Gasteiger partial charge in [0.05, 0.1) is 6.54 Å². The van der Waals surface area contributed by atoms with Crippen LogP contribution in [0, 0.1) is 0 Å². The van der Waals surface area contributed by atoms with Crippen LogP contribution in [0.4, 0.5) is 0 Å². The van der Waals surface area contributed by atoms with E-state index in [0.29, 0.717) is 19.5 Å². The summed E-state index contributed by atoms with van der Waals surface area (Å²) >= 11 is 0. The number of carbonyl (C=O) groups is 1. The maximum atomic E-state index is 11.1. The van der Waals surface area contributed by atoms with Gasteiger partial charge < -0.3 is 16.0 Å². The summed E-state index contributed by atoms with van der Waals surface area (Å²) in [4.78, 5) is 18.0. The zero-order valence-corrected chi connectivity index (χ0v) is 7.42. The molecule has 1 amide bonds. The topological polar surface area (TPSA) is 83.8 Å². The van der Waals surface area contributed by atoms with Gasteiger partial charge in [0.25, 0.3) is 0 Å². The van der Waals surface area contributed by atoms with E-state index in [1.807, 2.05) is 0 Å². The highest BCUT2D eigenvalue weighted by atomic mass is 16.1. The Kier molecular flexibility index (Phi) is 3.98. The molecule has 1 rings (SSSR count). The van der Waals surface area contributed by atoms with Crippen LogP contribution >= 0.6 is 0 Å². The molecular weight excluding hydrogens is 168 g/mol. The molecule has 4 N–H and O–H groups in total. The molecule has 0 fully saturated rings. The molecule has 0 radical (unpaired) electrons. The average Bonchev–Trinajstić information content (AvgIpc) is 2.64. The van der Waals surface area contributed by atoms with Crippen LogP contribution in [0.2, 0.25) is 0 Å². The minimum atomic E-state index is 0.0156. The second kappa shape index (κ2) is 5.31. The number of aromatic amines is 1. The van der Waals surface area contributed by atoms with Gasteiger partial charge in [0.15, 0.2) is 0 Å². The van der Waals surface area contributed by atoms with E-state index in [0.717, 1.165) is 12.2 Å². The molecule has 1 aromatic rings. The molecule has 0 spiro atoms. The molecule has 0 bridgehead atoms. The first-order chi connectivity index (χ1) is 6.33. The van der Waals surface area contributed by atoms with Crippen LogP contribution in [-0.4, -0.2) is 22.4 Å². The standard InChI is InChI=1S/C8H14N4O/c9-3-1-2-8(13)12-6-7-10-4-5-11-7/h4-5H,1-3,6,9H2,(H,10,11)(H,12,13). The lowest BCUT2D eigenvalue weighted by Crippen LogP contribution is -2.23. The van der Waals surface area contributed by atoms with Crippen LogP contribution in [0.5, 0.6) is 0 Å². The van der Waals surface area contributed by atoms with Crippen LogP contribution in [-0.2, 0) is 11.3 Å². The molecule has 0 aliphatic heterocycles. The van der Waals surface area contributed by atoms with Crippen LogP contribution < -0.4 is 11.1 Å². The molecular formula is C8H14N4O. The molecule has 0 aliphatic carbocycles. The van der Waals surface area contributed by atoms with Gasteiger partial charge >= 0.3 is 0 Å². The summed E-state index contributed by atoms with van der Waals surface area (Å²) in [5.74, 6) is 0.781. The predicted octanol–water partition coefficient (Wildman–Crippen LogP) is -0.235. The minimum Gasteiger partial charge on any atom is -0.349 e. The van der Waals surface area contributed by atoms with Crippen molar-refractivity contribution in [3.05, 3.63) is 18.2 Å². The van der Waals surface area contributed by atoms with Gasteiger partial charge in [0.2, 0.25) is 5.91 Å². The van der Waals surface area contributed by atoms with Crippen LogP contribution in [0.1, 0.15) is 18.7 Å². The van der Waals surface area contributed by atoms with E-state index >= 15 is 0 Å². The lowest BCUT2D eigenvalue weighted by atomic mass is 10.3. The van der Waals surface area contributed by atoms with Crippen LogP contribution in [0.25, 0.3) is 0 Å². The summed E-state index contributed by atoms with van der Waals surface area (Å²) in [6.07, 6.45) is 4.59. The first-order valence-electron chi connectivity index (χ1n) is 4.28. The van der Waals surface area contributed by atoms with Crippen LogP contribution in [0.15, 0.2) is 12.4 Å². The van der Waals surface area contributed by atoms with Crippen molar-refractivity contribution in [1.29, 1.82) is 0 Å². The molecule has 0 saturated heterocycles. The third kappa shape index (κ3) is 3.71. The number of nitrogens with one attached hydrogen (secondary N) is 2. The van der Waals surface area contributed by atoms with Gasteiger partial charge in [-0.3, -0.25) is 4.79 Å². The Labute approximate surface area is 76.7 Å². The van der Waals surface area contributed by atoms with E-state index in [1.165, 1.54) is 0 Å². The average molecular weight is 182 g/mol. The van der Waals surface area contributed by atoms with Gasteiger partial charge in [0.1, 0.15) is 5.82 Å². The number of carbonyl (C=O) groups excluding carboxylic acids is 1. The lowest BCUT2D eigenvalue weighted by molar-refractivity contribution is -0.121. The van der Waals surface area contributed by atoms with Crippen LogP contribution in [0.3, 0.4) is 0 Å². The number of imidazole rings is 1. The van der Waals surface area contributed by atoms with Crippen molar-refractivity contribution >= 4 is 5.91 Å². The zero-order chi connectivity index (χ0) is 9.52. The Bertz CT molecular complexity index is 245. The first-order valence-corrected chi connectivity index (χ1v) is 4.28. The second-order valence-corrected chi connectivity index (χ2v) is 2.70. The summed E-state index contributed by atoms with van der Waals surface area (Å²) < 4.78 is 0. The number of amides is 1. The number of nitrogens with zero attached hydrogens (tertiary/aromatic N) is 1. The summed E-state index contributed by atoms with van der Waals surface area (Å²) in [6.45, 7) is 1.00. The molecule has 72 valence electrons. The molecule has 1 aromatic heterocycles. The molecule has 13 heavy (non-hydrogen) atoms. The van der Waals surface area contributed by atoms with Crippen molar-refractivity contribution < 1.29 is 4.79 Å². The van der Waals surface area contributed by atoms with E-state index in [-0.39, 0.29) is 5.91 Å². The fourth-order valence-corrected chi connectivity index (χ4v) is 0.928. The summed E-state index contributed by atoms with van der Waals surface area (Å²) in [5, 5.41) is 2.73. The normalized spacial score (nSPS) is 9.92. The Morgan fingerprint density at radius 2 is 2.54 bits per heavy atom. The lowest BCUT2D eigenvalue weighted by Gasteiger charge is -2.01. The van der Waals surface area contributed by atoms with Crippen molar-refractivity contribution in [2.75, 3.05) is 6.54 Å². The van der Waals surface area contributed by atoms with Gasteiger partial charge in [-0.1, -0.05) is 0 Å². The Hall–Kier alpha value is -1.36. The monoisotopic (exact) mass is 182 g/mol. The maximum Gasteiger partial charge on any atom is 0.220 e. The molecule has 0 saturated carbocycles.